The van der Waals surface area contributed by atoms with Gasteiger partial charge < -0.3 is 30.0 Å². The van der Waals surface area contributed by atoms with Crippen LogP contribution in [0.1, 0.15) is 33.1 Å². The van der Waals surface area contributed by atoms with Gasteiger partial charge in [0.1, 0.15) is 30.0 Å². The van der Waals surface area contributed by atoms with Crippen molar-refractivity contribution >= 4 is 22.8 Å². The van der Waals surface area contributed by atoms with Crippen LogP contribution in [0.4, 0.5) is 5.82 Å². The zero-order valence-electron chi connectivity index (χ0n) is 17.6. The number of fused-ring (bicyclic) bond motifs is 2. The first-order valence-electron chi connectivity index (χ1n) is 10.2. The van der Waals surface area contributed by atoms with Gasteiger partial charge in [-0.25, -0.2) is 9.97 Å². The van der Waals surface area contributed by atoms with Crippen molar-refractivity contribution in [1.29, 1.82) is 0 Å². The molecule has 3 atom stereocenters. The summed E-state index contributed by atoms with van der Waals surface area (Å²) in [5.74, 6) is -0.516. The Morgan fingerprint density at radius 1 is 1.40 bits per heavy atom. The first-order valence-corrected chi connectivity index (χ1v) is 10.2. The molecule has 4 heterocycles. The van der Waals surface area contributed by atoms with Gasteiger partial charge in [0.05, 0.1) is 19.1 Å². The average molecular weight is 419 g/mol. The molecule has 0 radical (unpaired) electrons. The van der Waals surface area contributed by atoms with Gasteiger partial charge in [-0.2, -0.15) is 0 Å². The number of ether oxygens (including phenoxy) is 4. The number of aromatic nitrogens is 3. The van der Waals surface area contributed by atoms with Crippen molar-refractivity contribution in [1.82, 2.24) is 19.9 Å². The molecule has 2 aromatic rings. The van der Waals surface area contributed by atoms with Gasteiger partial charge >= 0.3 is 5.97 Å². The summed E-state index contributed by atoms with van der Waals surface area (Å²) in [7, 11) is 1.41. The monoisotopic (exact) mass is 419 g/mol. The van der Waals surface area contributed by atoms with Crippen molar-refractivity contribution in [3.8, 4) is 0 Å². The number of nitrogens with zero attached hydrogens (tertiary/aromatic N) is 3. The van der Waals surface area contributed by atoms with E-state index >= 15 is 0 Å². The van der Waals surface area contributed by atoms with Crippen LogP contribution in [0.15, 0.2) is 18.6 Å². The van der Waals surface area contributed by atoms with E-state index in [1.54, 1.807) is 0 Å². The fourth-order valence-electron chi connectivity index (χ4n) is 4.26. The second-order valence-corrected chi connectivity index (χ2v) is 8.15. The van der Waals surface area contributed by atoms with Crippen LogP contribution in [-0.4, -0.2) is 65.3 Å². The number of anilines is 1. The molecule has 3 unspecified atom stereocenters. The van der Waals surface area contributed by atoms with Gasteiger partial charge in [-0.1, -0.05) is 0 Å². The summed E-state index contributed by atoms with van der Waals surface area (Å²) >= 11 is 0. The number of carbonyl (C=O) groups is 1. The van der Waals surface area contributed by atoms with E-state index in [1.165, 1.54) is 13.4 Å². The molecular formula is C20H29N5O5. The predicted octanol–water partition coefficient (Wildman–Crippen LogP) is 1.15. The van der Waals surface area contributed by atoms with E-state index in [9.17, 15) is 4.79 Å². The molecule has 2 aliphatic rings. The first kappa shape index (κ1) is 21.0. The Hall–Kier alpha value is -2.27. The number of nitrogens with one attached hydrogen (secondary N) is 1. The minimum absolute atomic E-state index is 0.180. The number of carbonyl (C=O) groups excluding carboxylic acids is 1. The molecule has 3 N–H and O–H groups in total. The summed E-state index contributed by atoms with van der Waals surface area (Å²) < 4.78 is 25.4. The molecular weight excluding hydrogens is 390 g/mol. The van der Waals surface area contributed by atoms with Crippen LogP contribution in [0.2, 0.25) is 0 Å². The van der Waals surface area contributed by atoms with Crippen molar-refractivity contribution in [2.75, 3.05) is 32.5 Å². The normalized spacial score (nSPS) is 27.4. The van der Waals surface area contributed by atoms with Gasteiger partial charge in [-0.15, -0.1) is 0 Å². The predicted molar refractivity (Wildman–Crippen MR) is 108 cm³/mol. The first-order chi connectivity index (χ1) is 14.4. The Morgan fingerprint density at radius 2 is 2.23 bits per heavy atom. The molecule has 0 aliphatic carbocycles. The maximum Gasteiger partial charge on any atom is 0.305 e. The molecule has 4 rings (SSSR count). The molecule has 0 spiro atoms. The van der Waals surface area contributed by atoms with Gasteiger partial charge in [-0.05, 0) is 39.3 Å². The standard InChI is InChI=1S/C20H29N5O5/c1-19(2)29-16-14(10-22-8-5-4-6-15(26)27-3)28-11-20(16,30-19)25-9-7-13-17(21)23-12-24-18(13)25/h7,9,12,14,16,22H,4-6,8,10-11H2,1-3H3,(H2,21,23,24). The SMILES string of the molecule is COC(=O)CCCCNCC1OCC2(n3ccc4c(N)ncnc43)OC(C)(C)OC12. The zero-order chi connectivity index (χ0) is 21.4. The lowest BCUT2D eigenvalue weighted by atomic mass is 10.1. The fraction of sp³-hybridized carbons (Fsp3) is 0.650. The van der Waals surface area contributed by atoms with Crippen LogP contribution in [0, 0.1) is 0 Å². The highest BCUT2D eigenvalue weighted by Crippen LogP contribution is 2.47. The number of nitrogen functional groups attached to an aromatic ring is 1. The summed E-state index contributed by atoms with van der Waals surface area (Å²) in [5.41, 5.74) is 5.87. The topological polar surface area (TPSA) is 123 Å². The summed E-state index contributed by atoms with van der Waals surface area (Å²) in [6, 6.07) is 1.89. The van der Waals surface area contributed by atoms with Gasteiger partial charge in [-0.3, -0.25) is 9.36 Å². The third kappa shape index (κ3) is 3.76. The number of nitrogens with two attached hydrogens (primary N) is 1. The molecule has 2 aliphatic heterocycles. The Balaban J connectivity index is 1.46. The van der Waals surface area contributed by atoms with Crippen molar-refractivity contribution in [3.63, 3.8) is 0 Å². The Labute approximate surface area is 175 Å². The van der Waals surface area contributed by atoms with Crippen LogP contribution in [0.25, 0.3) is 11.0 Å². The average Bonchev–Trinajstić information content (AvgIpc) is 3.35. The molecule has 0 amide bonds. The van der Waals surface area contributed by atoms with Crippen molar-refractivity contribution < 1.29 is 23.7 Å². The van der Waals surface area contributed by atoms with Gasteiger partial charge in [0.15, 0.2) is 5.79 Å². The van der Waals surface area contributed by atoms with Crippen LogP contribution in [-0.2, 0) is 29.5 Å². The van der Waals surface area contributed by atoms with E-state index in [0.717, 1.165) is 24.8 Å². The molecule has 2 saturated heterocycles. The summed E-state index contributed by atoms with van der Waals surface area (Å²) in [6.45, 7) is 5.53. The van der Waals surface area contributed by atoms with Crippen molar-refractivity contribution in [3.05, 3.63) is 18.6 Å². The fourth-order valence-corrected chi connectivity index (χ4v) is 4.26. The van der Waals surface area contributed by atoms with E-state index in [1.807, 2.05) is 30.7 Å². The Morgan fingerprint density at radius 3 is 3.03 bits per heavy atom. The maximum atomic E-state index is 11.2. The Kier molecular flexibility index (Phi) is 5.67. The Bertz CT molecular complexity index is 916. The highest BCUT2D eigenvalue weighted by Gasteiger charge is 2.62. The van der Waals surface area contributed by atoms with Gasteiger partial charge in [0.25, 0.3) is 0 Å². The van der Waals surface area contributed by atoms with E-state index in [-0.39, 0.29) is 18.2 Å². The quantitative estimate of drug-likeness (QED) is 0.479. The van der Waals surface area contributed by atoms with E-state index in [2.05, 4.69) is 20.0 Å². The molecule has 0 saturated carbocycles. The van der Waals surface area contributed by atoms with Crippen molar-refractivity contribution in [2.45, 2.75) is 56.8 Å². The lowest BCUT2D eigenvalue weighted by Gasteiger charge is -2.29. The maximum absolute atomic E-state index is 11.2. The van der Waals surface area contributed by atoms with Crippen LogP contribution in [0.3, 0.4) is 0 Å². The number of hydrogen-bond donors (Lipinski definition) is 2. The minimum atomic E-state index is -0.830. The number of hydrogen-bond acceptors (Lipinski definition) is 9. The molecule has 164 valence electrons. The summed E-state index contributed by atoms with van der Waals surface area (Å²) in [6.07, 6.45) is 4.93. The molecule has 10 heteroatoms. The van der Waals surface area contributed by atoms with E-state index < -0.39 is 11.5 Å². The number of rotatable bonds is 8. The number of methoxy groups -OCH3 is 1. The van der Waals surface area contributed by atoms with Crippen molar-refractivity contribution in [2.24, 2.45) is 0 Å². The zero-order valence-corrected chi connectivity index (χ0v) is 17.6. The van der Waals surface area contributed by atoms with Crippen LogP contribution in [0.5, 0.6) is 0 Å². The molecule has 0 aromatic carbocycles. The second-order valence-electron chi connectivity index (χ2n) is 8.15. The second kappa shape index (κ2) is 8.10. The highest BCUT2D eigenvalue weighted by atomic mass is 16.8. The molecule has 0 bridgehead atoms. The highest BCUT2D eigenvalue weighted by molar-refractivity contribution is 5.86. The number of esters is 1. The smallest absolute Gasteiger partial charge is 0.305 e. The number of unbranched alkanes of at least 4 members (excludes halogenated alkanes) is 1. The largest absolute Gasteiger partial charge is 0.469 e. The van der Waals surface area contributed by atoms with Crippen LogP contribution >= 0.6 is 0 Å². The molecule has 30 heavy (non-hydrogen) atoms. The third-order valence-electron chi connectivity index (χ3n) is 5.60. The minimum Gasteiger partial charge on any atom is -0.469 e. The molecule has 2 fully saturated rings. The van der Waals surface area contributed by atoms with Crippen LogP contribution < -0.4 is 11.1 Å². The molecule has 2 aromatic heterocycles. The van der Waals surface area contributed by atoms with Gasteiger partial charge in [0.2, 0.25) is 5.72 Å². The lowest BCUT2D eigenvalue weighted by Crippen LogP contribution is -2.46. The lowest BCUT2D eigenvalue weighted by molar-refractivity contribution is -0.204. The third-order valence-corrected chi connectivity index (χ3v) is 5.60. The molecule has 10 nitrogen and oxygen atoms in total. The van der Waals surface area contributed by atoms with Gasteiger partial charge in [0, 0.05) is 19.2 Å². The van der Waals surface area contributed by atoms with E-state index in [0.29, 0.717) is 31.0 Å². The summed E-state index contributed by atoms with van der Waals surface area (Å²) in [4.78, 5) is 19.7. The van der Waals surface area contributed by atoms with E-state index in [4.69, 9.17) is 19.9 Å². The summed E-state index contributed by atoms with van der Waals surface area (Å²) in [5, 5.41) is 4.17.